The molecule has 0 saturated heterocycles. The van der Waals surface area contributed by atoms with Crippen LogP contribution in [0.2, 0.25) is 0 Å². The van der Waals surface area contributed by atoms with Crippen LogP contribution in [-0.2, 0) is 6.42 Å². The first-order chi connectivity index (χ1) is 9.85. The summed E-state index contributed by atoms with van der Waals surface area (Å²) in [5, 5.41) is 6.93. The number of nitrogens with one attached hydrogen (secondary N) is 1. The Labute approximate surface area is 125 Å². The Morgan fingerprint density at radius 1 is 1.25 bits per heavy atom. The Kier molecular flexibility index (Phi) is 4.48. The molecule has 1 N–H and O–H groups in total. The van der Waals surface area contributed by atoms with Crippen molar-refractivity contribution in [3.05, 3.63) is 40.7 Å². The molecular formula is C17H22N2S. The van der Waals surface area contributed by atoms with Crippen molar-refractivity contribution < 1.29 is 0 Å². The van der Waals surface area contributed by atoms with E-state index < -0.39 is 0 Å². The second-order valence-corrected chi connectivity index (χ2v) is 6.66. The van der Waals surface area contributed by atoms with Crippen LogP contribution in [-0.4, -0.2) is 18.1 Å². The fourth-order valence-electron chi connectivity index (χ4n) is 3.13. The third kappa shape index (κ3) is 3.28. The van der Waals surface area contributed by atoms with Gasteiger partial charge < -0.3 is 5.32 Å². The molecule has 106 valence electrons. The lowest BCUT2D eigenvalue weighted by Gasteiger charge is -2.28. The number of aromatic nitrogens is 1. The van der Waals surface area contributed by atoms with E-state index in [-0.39, 0.29) is 0 Å². The molecule has 0 bridgehead atoms. The zero-order chi connectivity index (χ0) is 13.8. The molecule has 0 aliphatic heterocycles. The first-order valence-electron chi connectivity index (χ1n) is 7.52. The summed E-state index contributed by atoms with van der Waals surface area (Å²) in [6, 6.07) is 11.2. The van der Waals surface area contributed by atoms with Gasteiger partial charge in [0.15, 0.2) is 0 Å². The molecule has 0 amide bonds. The third-order valence-corrected chi connectivity index (χ3v) is 5.15. The molecule has 2 aromatic rings. The number of thiazole rings is 1. The van der Waals surface area contributed by atoms with E-state index in [9.17, 15) is 0 Å². The van der Waals surface area contributed by atoms with Crippen molar-refractivity contribution in [1.29, 1.82) is 0 Å². The summed E-state index contributed by atoms with van der Waals surface area (Å²) >= 11 is 1.82. The summed E-state index contributed by atoms with van der Waals surface area (Å²) in [4.78, 5) is 4.82. The van der Waals surface area contributed by atoms with Crippen molar-refractivity contribution in [1.82, 2.24) is 10.3 Å². The molecule has 2 unspecified atom stereocenters. The molecule has 0 spiro atoms. The van der Waals surface area contributed by atoms with E-state index in [1.165, 1.54) is 36.3 Å². The van der Waals surface area contributed by atoms with Crippen LogP contribution in [0.3, 0.4) is 0 Å². The standard InChI is InChI=1S/C17H22N2S/c1-18-15-9-5-6-13(10-15)11-17-19-16(12-20-17)14-7-3-2-4-8-14/h2-4,7-8,12-13,15,18H,5-6,9-11H2,1H3. The Morgan fingerprint density at radius 2 is 2.10 bits per heavy atom. The van der Waals surface area contributed by atoms with E-state index in [1.807, 2.05) is 11.3 Å². The van der Waals surface area contributed by atoms with Crippen LogP contribution >= 0.6 is 11.3 Å². The van der Waals surface area contributed by atoms with E-state index in [0.717, 1.165) is 18.0 Å². The summed E-state index contributed by atoms with van der Waals surface area (Å²) in [5.41, 5.74) is 2.36. The van der Waals surface area contributed by atoms with Gasteiger partial charge in [0.05, 0.1) is 10.7 Å². The van der Waals surface area contributed by atoms with Crippen molar-refractivity contribution in [2.45, 2.75) is 38.1 Å². The second-order valence-electron chi connectivity index (χ2n) is 5.71. The van der Waals surface area contributed by atoms with Crippen molar-refractivity contribution >= 4 is 11.3 Å². The minimum Gasteiger partial charge on any atom is -0.317 e. The molecule has 1 aliphatic rings. The Bertz CT molecular complexity index is 535. The van der Waals surface area contributed by atoms with Gasteiger partial charge >= 0.3 is 0 Å². The highest BCUT2D eigenvalue weighted by atomic mass is 32.1. The predicted molar refractivity (Wildman–Crippen MR) is 86.1 cm³/mol. The number of benzene rings is 1. The van der Waals surface area contributed by atoms with Crippen molar-refractivity contribution in [2.75, 3.05) is 7.05 Å². The van der Waals surface area contributed by atoms with Gasteiger partial charge in [-0.1, -0.05) is 36.8 Å². The van der Waals surface area contributed by atoms with Crippen molar-refractivity contribution in [3.8, 4) is 11.3 Å². The zero-order valence-electron chi connectivity index (χ0n) is 12.0. The zero-order valence-corrected chi connectivity index (χ0v) is 12.8. The highest BCUT2D eigenvalue weighted by Crippen LogP contribution is 2.29. The smallest absolute Gasteiger partial charge is 0.0935 e. The van der Waals surface area contributed by atoms with Gasteiger partial charge in [-0.2, -0.15) is 0 Å². The van der Waals surface area contributed by atoms with Crippen molar-refractivity contribution in [3.63, 3.8) is 0 Å². The molecule has 3 heteroatoms. The van der Waals surface area contributed by atoms with Gasteiger partial charge in [0, 0.05) is 23.4 Å². The van der Waals surface area contributed by atoms with Gasteiger partial charge in [0.1, 0.15) is 0 Å². The predicted octanol–water partition coefficient (Wildman–Crippen LogP) is 4.13. The average Bonchev–Trinajstić information content (AvgIpc) is 2.97. The maximum Gasteiger partial charge on any atom is 0.0935 e. The van der Waals surface area contributed by atoms with E-state index in [1.54, 1.807) is 0 Å². The lowest BCUT2D eigenvalue weighted by molar-refractivity contribution is 0.294. The highest BCUT2D eigenvalue weighted by Gasteiger charge is 2.21. The number of nitrogens with zero attached hydrogens (tertiary/aromatic N) is 1. The minimum atomic E-state index is 0.710. The topological polar surface area (TPSA) is 24.9 Å². The third-order valence-electron chi connectivity index (χ3n) is 4.28. The van der Waals surface area contributed by atoms with Crippen LogP contribution in [0.1, 0.15) is 30.7 Å². The van der Waals surface area contributed by atoms with E-state index in [0.29, 0.717) is 6.04 Å². The normalized spacial score (nSPS) is 22.9. The molecule has 1 aromatic carbocycles. The van der Waals surface area contributed by atoms with Gasteiger partial charge in [-0.25, -0.2) is 4.98 Å². The van der Waals surface area contributed by atoms with Crippen LogP contribution < -0.4 is 5.32 Å². The lowest BCUT2D eigenvalue weighted by atomic mass is 9.84. The molecule has 2 atom stereocenters. The van der Waals surface area contributed by atoms with E-state index >= 15 is 0 Å². The maximum absolute atomic E-state index is 4.82. The molecule has 3 rings (SSSR count). The van der Waals surface area contributed by atoms with Gasteiger partial charge in [0.2, 0.25) is 0 Å². The van der Waals surface area contributed by atoms with Crippen LogP contribution in [0, 0.1) is 5.92 Å². The largest absolute Gasteiger partial charge is 0.317 e. The van der Waals surface area contributed by atoms with Gasteiger partial charge in [-0.15, -0.1) is 11.3 Å². The monoisotopic (exact) mass is 286 g/mol. The summed E-state index contributed by atoms with van der Waals surface area (Å²) in [6.45, 7) is 0. The summed E-state index contributed by atoms with van der Waals surface area (Å²) < 4.78 is 0. The van der Waals surface area contributed by atoms with Gasteiger partial charge in [-0.05, 0) is 32.2 Å². The Balaban J connectivity index is 1.65. The average molecular weight is 286 g/mol. The van der Waals surface area contributed by atoms with E-state index in [4.69, 9.17) is 4.98 Å². The molecular weight excluding hydrogens is 264 g/mol. The van der Waals surface area contributed by atoms with Crippen LogP contribution in [0.5, 0.6) is 0 Å². The highest BCUT2D eigenvalue weighted by molar-refractivity contribution is 7.09. The summed E-state index contributed by atoms with van der Waals surface area (Å²) in [5.74, 6) is 0.802. The fraction of sp³-hybridized carbons (Fsp3) is 0.471. The quantitative estimate of drug-likeness (QED) is 0.914. The molecule has 1 saturated carbocycles. The number of hydrogen-bond acceptors (Lipinski definition) is 3. The first-order valence-corrected chi connectivity index (χ1v) is 8.40. The SMILES string of the molecule is CNC1CCCC(Cc2nc(-c3ccccc3)cs2)C1. The molecule has 2 nitrogen and oxygen atoms in total. The maximum atomic E-state index is 4.82. The molecule has 1 heterocycles. The fourth-order valence-corrected chi connectivity index (χ4v) is 4.05. The summed E-state index contributed by atoms with van der Waals surface area (Å²) in [6.07, 6.45) is 6.50. The molecule has 20 heavy (non-hydrogen) atoms. The van der Waals surface area contributed by atoms with Crippen LogP contribution in [0.4, 0.5) is 0 Å². The Morgan fingerprint density at radius 3 is 2.90 bits per heavy atom. The summed E-state index contributed by atoms with van der Waals surface area (Å²) in [7, 11) is 2.09. The molecule has 0 radical (unpaired) electrons. The molecule has 1 aromatic heterocycles. The number of hydrogen-bond donors (Lipinski definition) is 1. The van der Waals surface area contributed by atoms with Crippen LogP contribution in [0.25, 0.3) is 11.3 Å². The van der Waals surface area contributed by atoms with Crippen LogP contribution in [0.15, 0.2) is 35.7 Å². The molecule has 1 fully saturated rings. The van der Waals surface area contributed by atoms with E-state index in [2.05, 4.69) is 48.1 Å². The second kappa shape index (κ2) is 6.51. The minimum absolute atomic E-state index is 0.710. The first kappa shape index (κ1) is 13.8. The lowest BCUT2D eigenvalue weighted by Crippen LogP contribution is -2.31. The Hall–Kier alpha value is -1.19. The van der Waals surface area contributed by atoms with Gasteiger partial charge in [0.25, 0.3) is 0 Å². The van der Waals surface area contributed by atoms with Crippen molar-refractivity contribution in [2.24, 2.45) is 5.92 Å². The van der Waals surface area contributed by atoms with Gasteiger partial charge in [-0.3, -0.25) is 0 Å². The number of rotatable bonds is 4. The molecule has 1 aliphatic carbocycles.